The van der Waals surface area contributed by atoms with E-state index >= 15 is 0 Å². The molecule has 0 saturated heterocycles. The van der Waals surface area contributed by atoms with Crippen LogP contribution < -0.4 is 5.32 Å². The standard InChI is InChI=1S/C6H10N4S2/c1-3(2)7-4-8-5(11)10-6(12)9-4/h3H,1-2H3,(H3,7,8,9,10,11,12). The Bertz CT molecular complexity index is 256. The van der Waals surface area contributed by atoms with Crippen LogP contribution in [-0.4, -0.2) is 21.0 Å². The average molecular weight is 202 g/mol. The van der Waals surface area contributed by atoms with Crippen LogP contribution >= 0.6 is 25.3 Å². The Morgan fingerprint density at radius 1 is 1.08 bits per heavy atom. The molecule has 0 amide bonds. The molecule has 0 unspecified atom stereocenters. The highest BCUT2D eigenvalue weighted by molar-refractivity contribution is 7.80. The molecular weight excluding hydrogens is 192 g/mol. The van der Waals surface area contributed by atoms with Crippen LogP contribution in [0.5, 0.6) is 0 Å². The molecule has 1 heterocycles. The molecule has 0 atom stereocenters. The van der Waals surface area contributed by atoms with E-state index in [0.29, 0.717) is 16.3 Å². The number of anilines is 1. The molecule has 66 valence electrons. The van der Waals surface area contributed by atoms with Gasteiger partial charge in [-0.15, -0.1) is 25.3 Å². The molecule has 0 spiro atoms. The highest BCUT2D eigenvalue weighted by Gasteiger charge is 2.01. The minimum absolute atomic E-state index is 0.285. The monoisotopic (exact) mass is 202 g/mol. The third-order valence-electron chi connectivity index (χ3n) is 1.03. The second-order valence-corrected chi connectivity index (χ2v) is 3.36. The van der Waals surface area contributed by atoms with Crippen molar-refractivity contribution in [3.05, 3.63) is 0 Å². The fourth-order valence-electron chi connectivity index (χ4n) is 0.677. The first-order valence-electron chi connectivity index (χ1n) is 3.48. The molecule has 1 aromatic rings. The van der Waals surface area contributed by atoms with Crippen LogP contribution in [0.3, 0.4) is 0 Å². The van der Waals surface area contributed by atoms with Gasteiger partial charge in [0.05, 0.1) is 0 Å². The smallest absolute Gasteiger partial charge is 0.227 e. The van der Waals surface area contributed by atoms with E-state index in [1.54, 1.807) is 0 Å². The van der Waals surface area contributed by atoms with Crippen molar-refractivity contribution < 1.29 is 0 Å². The van der Waals surface area contributed by atoms with Crippen molar-refractivity contribution in [2.45, 2.75) is 30.2 Å². The first kappa shape index (κ1) is 9.60. The third-order valence-corrected chi connectivity index (χ3v) is 1.43. The number of nitrogens with zero attached hydrogens (tertiary/aromatic N) is 3. The Balaban J connectivity index is 2.85. The normalized spacial score (nSPS) is 10.4. The van der Waals surface area contributed by atoms with Crippen molar-refractivity contribution in [3.63, 3.8) is 0 Å². The van der Waals surface area contributed by atoms with Crippen molar-refractivity contribution in [1.29, 1.82) is 0 Å². The highest BCUT2D eigenvalue weighted by Crippen LogP contribution is 2.07. The highest BCUT2D eigenvalue weighted by atomic mass is 32.1. The number of thiol groups is 2. The van der Waals surface area contributed by atoms with Crippen LogP contribution in [0, 0.1) is 0 Å². The van der Waals surface area contributed by atoms with Crippen LogP contribution in [-0.2, 0) is 0 Å². The summed E-state index contributed by atoms with van der Waals surface area (Å²) in [6.45, 7) is 4.00. The van der Waals surface area contributed by atoms with E-state index in [1.807, 2.05) is 13.8 Å². The predicted molar refractivity (Wildman–Crippen MR) is 53.1 cm³/mol. The van der Waals surface area contributed by atoms with Gasteiger partial charge in [-0.05, 0) is 13.8 Å². The van der Waals surface area contributed by atoms with Crippen LogP contribution in [0.15, 0.2) is 10.3 Å². The van der Waals surface area contributed by atoms with E-state index in [-0.39, 0.29) is 6.04 Å². The van der Waals surface area contributed by atoms with Crippen molar-refractivity contribution in [1.82, 2.24) is 15.0 Å². The van der Waals surface area contributed by atoms with Gasteiger partial charge in [-0.1, -0.05) is 0 Å². The zero-order valence-corrected chi connectivity index (χ0v) is 8.60. The summed E-state index contributed by atoms with van der Waals surface area (Å²) in [7, 11) is 0. The van der Waals surface area contributed by atoms with Gasteiger partial charge in [-0.3, -0.25) is 0 Å². The van der Waals surface area contributed by atoms with E-state index in [2.05, 4.69) is 45.5 Å². The van der Waals surface area contributed by atoms with Gasteiger partial charge >= 0.3 is 0 Å². The summed E-state index contributed by atoms with van der Waals surface area (Å²) in [6, 6.07) is 0.285. The van der Waals surface area contributed by atoms with Gasteiger partial charge in [-0.2, -0.15) is 15.0 Å². The lowest BCUT2D eigenvalue weighted by Gasteiger charge is -2.07. The summed E-state index contributed by atoms with van der Waals surface area (Å²) in [5.74, 6) is 0.509. The molecule has 1 aromatic heterocycles. The Morgan fingerprint density at radius 3 is 2.00 bits per heavy atom. The Kier molecular flexibility index (Phi) is 3.16. The van der Waals surface area contributed by atoms with E-state index < -0.39 is 0 Å². The fourth-order valence-corrected chi connectivity index (χ4v) is 1.13. The summed E-state index contributed by atoms with van der Waals surface area (Å²) in [5, 5.41) is 3.77. The van der Waals surface area contributed by atoms with Crippen molar-refractivity contribution in [2.24, 2.45) is 0 Å². The quantitative estimate of drug-likeness (QED) is 0.632. The lowest BCUT2D eigenvalue weighted by atomic mass is 10.4. The fraction of sp³-hybridized carbons (Fsp3) is 0.500. The number of aromatic nitrogens is 3. The molecule has 0 aromatic carbocycles. The molecule has 0 fully saturated rings. The van der Waals surface area contributed by atoms with Gasteiger partial charge in [0.1, 0.15) is 0 Å². The Morgan fingerprint density at radius 2 is 1.58 bits per heavy atom. The molecule has 1 N–H and O–H groups in total. The van der Waals surface area contributed by atoms with E-state index in [9.17, 15) is 0 Å². The zero-order valence-electron chi connectivity index (χ0n) is 6.81. The van der Waals surface area contributed by atoms with E-state index in [1.165, 1.54) is 0 Å². The molecule has 1 rings (SSSR count). The van der Waals surface area contributed by atoms with Gasteiger partial charge in [0, 0.05) is 6.04 Å². The Hall–Kier alpha value is -0.490. The summed E-state index contributed by atoms with van der Waals surface area (Å²) in [6.07, 6.45) is 0. The molecule has 12 heavy (non-hydrogen) atoms. The van der Waals surface area contributed by atoms with Gasteiger partial charge < -0.3 is 5.32 Å². The second-order valence-electron chi connectivity index (χ2n) is 2.56. The summed E-state index contributed by atoms with van der Waals surface area (Å²) in [4.78, 5) is 11.7. The summed E-state index contributed by atoms with van der Waals surface area (Å²) >= 11 is 7.99. The summed E-state index contributed by atoms with van der Waals surface area (Å²) in [5.41, 5.74) is 0. The van der Waals surface area contributed by atoms with E-state index in [4.69, 9.17) is 0 Å². The van der Waals surface area contributed by atoms with Gasteiger partial charge in [0.2, 0.25) is 5.95 Å². The maximum Gasteiger partial charge on any atom is 0.227 e. The molecule has 4 nitrogen and oxygen atoms in total. The van der Waals surface area contributed by atoms with E-state index in [0.717, 1.165) is 0 Å². The van der Waals surface area contributed by atoms with Gasteiger partial charge in [0.25, 0.3) is 0 Å². The van der Waals surface area contributed by atoms with Crippen molar-refractivity contribution in [2.75, 3.05) is 5.32 Å². The van der Waals surface area contributed by atoms with Gasteiger partial charge in [-0.25, -0.2) is 0 Å². The zero-order chi connectivity index (χ0) is 9.14. The predicted octanol–water partition coefficient (Wildman–Crippen LogP) is 1.27. The topological polar surface area (TPSA) is 50.7 Å². The molecular formula is C6H10N4S2. The second kappa shape index (κ2) is 3.95. The lowest BCUT2D eigenvalue weighted by molar-refractivity contribution is 0.782. The Labute approximate surface area is 82.0 Å². The lowest BCUT2D eigenvalue weighted by Crippen LogP contribution is -2.13. The molecule has 0 bridgehead atoms. The molecule has 0 aliphatic heterocycles. The average Bonchev–Trinajstić information content (AvgIpc) is 1.81. The molecule has 0 aliphatic rings. The maximum absolute atomic E-state index is 4.00. The first-order valence-corrected chi connectivity index (χ1v) is 4.38. The molecule has 0 aliphatic carbocycles. The van der Waals surface area contributed by atoms with Crippen LogP contribution in [0.25, 0.3) is 0 Å². The first-order chi connectivity index (χ1) is 5.58. The third kappa shape index (κ3) is 2.86. The van der Waals surface area contributed by atoms with Crippen molar-refractivity contribution >= 4 is 31.2 Å². The van der Waals surface area contributed by atoms with Crippen LogP contribution in [0.1, 0.15) is 13.8 Å². The maximum atomic E-state index is 4.00. The summed E-state index contributed by atoms with van der Waals surface area (Å²) < 4.78 is 0. The van der Waals surface area contributed by atoms with Gasteiger partial charge in [0.15, 0.2) is 10.3 Å². The SMILES string of the molecule is CC(C)Nc1nc(S)nc(S)n1. The molecule has 6 heteroatoms. The number of rotatable bonds is 2. The largest absolute Gasteiger partial charge is 0.352 e. The van der Waals surface area contributed by atoms with Crippen molar-refractivity contribution in [3.8, 4) is 0 Å². The molecule has 0 radical (unpaired) electrons. The minimum atomic E-state index is 0.285. The van der Waals surface area contributed by atoms with Crippen LogP contribution in [0.2, 0.25) is 0 Å². The number of nitrogens with one attached hydrogen (secondary N) is 1. The minimum Gasteiger partial charge on any atom is -0.352 e. The number of hydrogen-bond donors (Lipinski definition) is 3. The number of hydrogen-bond acceptors (Lipinski definition) is 6. The molecule has 0 saturated carbocycles. The van der Waals surface area contributed by atoms with Crippen LogP contribution in [0.4, 0.5) is 5.95 Å².